The highest BCUT2D eigenvalue weighted by atomic mass is 16.5. The van der Waals surface area contributed by atoms with E-state index < -0.39 is 0 Å². The van der Waals surface area contributed by atoms with Gasteiger partial charge < -0.3 is 4.74 Å². The fourth-order valence-corrected chi connectivity index (χ4v) is 3.75. The molecule has 1 fully saturated rings. The van der Waals surface area contributed by atoms with Crippen LogP contribution in [0.25, 0.3) is 11.3 Å². The average Bonchev–Trinajstić information content (AvgIpc) is 3.18. The number of rotatable bonds is 6. The fourth-order valence-electron chi connectivity index (χ4n) is 3.75. The van der Waals surface area contributed by atoms with E-state index in [1.54, 1.807) is 6.20 Å². The molecule has 1 N–H and O–H groups in total. The van der Waals surface area contributed by atoms with Gasteiger partial charge in [-0.15, -0.1) is 0 Å². The van der Waals surface area contributed by atoms with Gasteiger partial charge in [0.15, 0.2) is 0 Å². The van der Waals surface area contributed by atoms with E-state index in [2.05, 4.69) is 58.2 Å². The Morgan fingerprint density at radius 3 is 2.71 bits per heavy atom. The Kier molecular flexibility index (Phi) is 5.84. The average molecular weight is 377 g/mol. The van der Waals surface area contributed by atoms with Crippen LogP contribution in [0.4, 0.5) is 0 Å². The number of aromatic nitrogens is 3. The van der Waals surface area contributed by atoms with Crippen LogP contribution in [0.5, 0.6) is 0 Å². The van der Waals surface area contributed by atoms with Crippen molar-refractivity contribution in [3.05, 3.63) is 71.2 Å². The van der Waals surface area contributed by atoms with Gasteiger partial charge in [0.1, 0.15) is 0 Å². The SMILES string of the molecule is Cc1ccc(-c2[nH]ncc2CN2CCC(OCc3cccnc3)CC2)cc1C. The number of aromatic amines is 1. The maximum Gasteiger partial charge on any atom is 0.0735 e. The molecule has 0 unspecified atom stereocenters. The molecule has 0 atom stereocenters. The van der Waals surface area contributed by atoms with E-state index in [4.69, 9.17) is 4.74 Å². The highest BCUT2D eigenvalue weighted by Gasteiger charge is 2.21. The zero-order chi connectivity index (χ0) is 19.3. The third-order valence-corrected chi connectivity index (χ3v) is 5.65. The highest BCUT2D eigenvalue weighted by molar-refractivity contribution is 5.64. The summed E-state index contributed by atoms with van der Waals surface area (Å²) in [6.45, 7) is 7.98. The standard InChI is InChI=1S/C23H28N4O/c1-17-5-6-20(12-18(17)2)23-21(14-25-26-23)15-27-10-7-22(8-11-27)28-16-19-4-3-9-24-13-19/h3-6,9,12-14,22H,7-8,10-11,15-16H2,1-2H3,(H,25,26). The molecule has 1 aliphatic rings. The van der Waals surface area contributed by atoms with Gasteiger partial charge in [-0.2, -0.15) is 5.10 Å². The molecule has 28 heavy (non-hydrogen) atoms. The molecule has 2 aromatic heterocycles. The number of pyridine rings is 1. The molecule has 0 aliphatic carbocycles. The van der Waals surface area contributed by atoms with Crippen molar-refractivity contribution in [3.63, 3.8) is 0 Å². The van der Waals surface area contributed by atoms with Crippen LogP contribution in [0, 0.1) is 13.8 Å². The topological polar surface area (TPSA) is 54.0 Å². The molecular weight excluding hydrogens is 348 g/mol. The van der Waals surface area contributed by atoms with E-state index in [0.717, 1.165) is 43.7 Å². The minimum atomic E-state index is 0.333. The Hall–Kier alpha value is -2.50. The van der Waals surface area contributed by atoms with Crippen molar-refractivity contribution in [2.45, 2.75) is 45.9 Å². The van der Waals surface area contributed by atoms with Gasteiger partial charge in [0.2, 0.25) is 0 Å². The van der Waals surface area contributed by atoms with Crippen LogP contribution in [-0.2, 0) is 17.9 Å². The molecule has 0 bridgehead atoms. The molecule has 0 amide bonds. The van der Waals surface area contributed by atoms with Crippen molar-refractivity contribution in [1.82, 2.24) is 20.1 Å². The second-order valence-electron chi connectivity index (χ2n) is 7.72. The van der Waals surface area contributed by atoms with Crippen LogP contribution >= 0.6 is 0 Å². The minimum absolute atomic E-state index is 0.333. The fraction of sp³-hybridized carbons (Fsp3) is 0.391. The van der Waals surface area contributed by atoms with Gasteiger partial charge in [-0.05, 0) is 55.5 Å². The van der Waals surface area contributed by atoms with Crippen molar-refractivity contribution >= 4 is 0 Å². The molecule has 1 aliphatic heterocycles. The Balaban J connectivity index is 1.32. The maximum absolute atomic E-state index is 6.08. The molecule has 3 aromatic rings. The summed E-state index contributed by atoms with van der Waals surface area (Å²) in [6, 6.07) is 10.6. The first-order chi connectivity index (χ1) is 13.7. The summed E-state index contributed by atoms with van der Waals surface area (Å²) in [5, 5.41) is 7.51. The zero-order valence-electron chi connectivity index (χ0n) is 16.7. The summed E-state index contributed by atoms with van der Waals surface area (Å²) in [5.74, 6) is 0. The number of benzene rings is 1. The molecule has 5 heteroatoms. The summed E-state index contributed by atoms with van der Waals surface area (Å²) in [4.78, 5) is 6.65. The monoisotopic (exact) mass is 376 g/mol. The first-order valence-electron chi connectivity index (χ1n) is 10.0. The molecule has 0 spiro atoms. The summed E-state index contributed by atoms with van der Waals surface area (Å²) in [5.41, 5.74) is 7.38. The first-order valence-corrected chi connectivity index (χ1v) is 10.0. The summed E-state index contributed by atoms with van der Waals surface area (Å²) >= 11 is 0. The van der Waals surface area contributed by atoms with E-state index in [1.807, 2.05) is 18.5 Å². The zero-order valence-corrected chi connectivity index (χ0v) is 16.7. The lowest BCUT2D eigenvalue weighted by molar-refractivity contribution is -0.00400. The van der Waals surface area contributed by atoms with Gasteiger partial charge >= 0.3 is 0 Å². The smallest absolute Gasteiger partial charge is 0.0735 e. The van der Waals surface area contributed by atoms with Gasteiger partial charge in [0.25, 0.3) is 0 Å². The molecule has 0 saturated carbocycles. The van der Waals surface area contributed by atoms with E-state index in [-0.39, 0.29) is 0 Å². The van der Waals surface area contributed by atoms with Crippen molar-refractivity contribution < 1.29 is 4.74 Å². The van der Waals surface area contributed by atoms with Crippen molar-refractivity contribution in [1.29, 1.82) is 0 Å². The van der Waals surface area contributed by atoms with Gasteiger partial charge in [-0.3, -0.25) is 15.0 Å². The van der Waals surface area contributed by atoms with Crippen molar-refractivity contribution in [2.75, 3.05) is 13.1 Å². The van der Waals surface area contributed by atoms with Crippen LogP contribution in [0.15, 0.2) is 48.9 Å². The Labute approximate surface area is 166 Å². The number of nitrogens with zero attached hydrogens (tertiary/aromatic N) is 3. The van der Waals surface area contributed by atoms with E-state index in [0.29, 0.717) is 12.7 Å². The van der Waals surface area contributed by atoms with E-state index in [1.165, 1.54) is 22.3 Å². The highest BCUT2D eigenvalue weighted by Crippen LogP contribution is 2.26. The number of likely N-dealkylation sites (tertiary alicyclic amines) is 1. The Morgan fingerprint density at radius 2 is 1.96 bits per heavy atom. The summed E-state index contributed by atoms with van der Waals surface area (Å²) in [6.07, 6.45) is 8.11. The predicted molar refractivity (Wildman–Crippen MR) is 111 cm³/mol. The number of hydrogen-bond acceptors (Lipinski definition) is 4. The normalized spacial score (nSPS) is 15.8. The van der Waals surface area contributed by atoms with E-state index in [9.17, 15) is 0 Å². The van der Waals surface area contributed by atoms with Gasteiger partial charge in [-0.25, -0.2) is 0 Å². The summed E-state index contributed by atoms with van der Waals surface area (Å²) < 4.78 is 6.08. The van der Waals surface area contributed by atoms with Crippen LogP contribution in [0.1, 0.15) is 35.1 Å². The van der Waals surface area contributed by atoms with Gasteiger partial charge in [0.05, 0.1) is 24.6 Å². The second kappa shape index (κ2) is 8.67. The van der Waals surface area contributed by atoms with Gasteiger partial charge in [0, 0.05) is 43.2 Å². The molecule has 3 heterocycles. The molecule has 0 radical (unpaired) electrons. The largest absolute Gasteiger partial charge is 0.373 e. The lowest BCUT2D eigenvalue weighted by Crippen LogP contribution is -2.36. The molecule has 1 aromatic carbocycles. The van der Waals surface area contributed by atoms with Crippen LogP contribution in [-0.4, -0.2) is 39.3 Å². The predicted octanol–water partition coefficient (Wildman–Crippen LogP) is 4.27. The van der Waals surface area contributed by atoms with Gasteiger partial charge in [-0.1, -0.05) is 18.2 Å². The number of H-pyrrole nitrogens is 1. The lowest BCUT2D eigenvalue weighted by Gasteiger charge is -2.31. The molecular formula is C23H28N4O. The first kappa shape index (κ1) is 18.8. The molecule has 146 valence electrons. The number of ether oxygens (including phenoxy) is 1. The number of hydrogen-bond donors (Lipinski definition) is 1. The molecule has 4 rings (SSSR count). The third-order valence-electron chi connectivity index (χ3n) is 5.65. The van der Waals surface area contributed by atoms with Crippen molar-refractivity contribution in [3.8, 4) is 11.3 Å². The van der Waals surface area contributed by atoms with Crippen LogP contribution in [0.3, 0.4) is 0 Å². The second-order valence-corrected chi connectivity index (χ2v) is 7.72. The quantitative estimate of drug-likeness (QED) is 0.698. The number of piperidine rings is 1. The molecule has 5 nitrogen and oxygen atoms in total. The Bertz CT molecular complexity index is 898. The van der Waals surface area contributed by atoms with E-state index >= 15 is 0 Å². The Morgan fingerprint density at radius 1 is 1.11 bits per heavy atom. The lowest BCUT2D eigenvalue weighted by atomic mass is 10.0. The molecule has 1 saturated heterocycles. The van der Waals surface area contributed by atoms with Crippen LogP contribution < -0.4 is 0 Å². The minimum Gasteiger partial charge on any atom is -0.373 e. The summed E-state index contributed by atoms with van der Waals surface area (Å²) in [7, 11) is 0. The maximum atomic E-state index is 6.08. The number of nitrogens with one attached hydrogen (secondary N) is 1. The van der Waals surface area contributed by atoms with Crippen LogP contribution in [0.2, 0.25) is 0 Å². The van der Waals surface area contributed by atoms with Crippen molar-refractivity contribution in [2.24, 2.45) is 0 Å². The third kappa shape index (κ3) is 4.49. The number of aryl methyl sites for hydroxylation is 2.